The molecule has 0 bridgehead atoms. The maximum absolute atomic E-state index is 13.1. The van der Waals surface area contributed by atoms with Gasteiger partial charge in [0.2, 0.25) is 0 Å². The molecule has 3 saturated heterocycles. The molecule has 0 N–H and O–H groups in total. The van der Waals surface area contributed by atoms with Gasteiger partial charge in [0.1, 0.15) is 0 Å². The van der Waals surface area contributed by atoms with Gasteiger partial charge in [0.25, 0.3) is 0 Å². The molecular formula is C24H39N3O6. The van der Waals surface area contributed by atoms with E-state index in [0.717, 1.165) is 19.3 Å². The van der Waals surface area contributed by atoms with E-state index < -0.39 is 17.1 Å². The van der Waals surface area contributed by atoms with Crippen LogP contribution in [0.1, 0.15) is 80.1 Å². The van der Waals surface area contributed by atoms with Gasteiger partial charge in [0.05, 0.1) is 35.1 Å². The largest absolute Gasteiger partial charge is 0.367 e. The van der Waals surface area contributed by atoms with Crippen LogP contribution >= 0.6 is 0 Å². The Morgan fingerprint density at radius 3 is 0.970 bits per heavy atom. The Balaban J connectivity index is 1.51. The van der Waals surface area contributed by atoms with Crippen LogP contribution in [0.5, 0.6) is 0 Å². The number of epoxide rings is 3. The lowest BCUT2D eigenvalue weighted by Crippen LogP contribution is -2.54. The Bertz CT molecular complexity index is 912. The predicted molar refractivity (Wildman–Crippen MR) is 124 cm³/mol. The van der Waals surface area contributed by atoms with Gasteiger partial charge in [0.15, 0.2) is 0 Å². The summed E-state index contributed by atoms with van der Waals surface area (Å²) in [4.78, 5) is 39.4. The summed E-state index contributed by atoms with van der Waals surface area (Å²) in [5, 5.41) is 0. The Morgan fingerprint density at radius 1 is 0.576 bits per heavy atom. The number of ether oxygens (including phenoxy) is 3. The third kappa shape index (κ3) is 4.91. The molecule has 1 aromatic heterocycles. The first-order valence-electron chi connectivity index (χ1n) is 12.4. The minimum absolute atomic E-state index is 0.177. The Morgan fingerprint density at radius 2 is 0.788 bits per heavy atom. The highest BCUT2D eigenvalue weighted by Gasteiger charge is 2.49. The van der Waals surface area contributed by atoms with E-state index >= 15 is 0 Å². The number of rotatable bonds is 12. The summed E-state index contributed by atoms with van der Waals surface area (Å²) in [5.74, 6) is 0. The van der Waals surface area contributed by atoms with Crippen LogP contribution in [0, 0.1) is 0 Å². The summed E-state index contributed by atoms with van der Waals surface area (Å²) in [6.07, 6.45) is 4.80. The molecule has 9 heteroatoms. The second-order valence-electron chi connectivity index (χ2n) is 10.8. The highest BCUT2D eigenvalue weighted by atomic mass is 16.6. The molecule has 33 heavy (non-hydrogen) atoms. The fourth-order valence-corrected chi connectivity index (χ4v) is 4.92. The molecule has 4 rings (SSSR count). The Labute approximate surface area is 194 Å². The monoisotopic (exact) mass is 465 g/mol. The first kappa shape index (κ1) is 24.4. The molecule has 0 amide bonds. The second-order valence-corrected chi connectivity index (χ2v) is 10.8. The molecule has 0 radical (unpaired) electrons. The lowest BCUT2D eigenvalue weighted by atomic mass is 10.0. The van der Waals surface area contributed by atoms with Crippen LogP contribution in [-0.2, 0) is 33.8 Å². The van der Waals surface area contributed by atoms with Gasteiger partial charge in [-0.05, 0) is 80.1 Å². The van der Waals surface area contributed by atoms with Gasteiger partial charge in [-0.3, -0.25) is 0 Å². The van der Waals surface area contributed by atoms with E-state index in [9.17, 15) is 14.4 Å². The second kappa shape index (κ2) is 8.50. The average Bonchev–Trinajstić information content (AvgIpc) is 3.66. The van der Waals surface area contributed by atoms with Crippen molar-refractivity contribution in [1.82, 2.24) is 13.7 Å². The van der Waals surface area contributed by atoms with E-state index in [4.69, 9.17) is 14.2 Å². The predicted octanol–water partition coefficient (Wildman–Crippen LogP) is 2.04. The average molecular weight is 466 g/mol. The summed E-state index contributed by atoms with van der Waals surface area (Å²) in [7, 11) is 0. The maximum atomic E-state index is 13.1. The number of hydrogen-bond acceptors (Lipinski definition) is 6. The van der Waals surface area contributed by atoms with Crippen molar-refractivity contribution in [3.8, 4) is 0 Å². The van der Waals surface area contributed by atoms with Crippen molar-refractivity contribution in [2.24, 2.45) is 0 Å². The van der Waals surface area contributed by atoms with Crippen molar-refractivity contribution >= 4 is 0 Å². The van der Waals surface area contributed by atoms with Gasteiger partial charge < -0.3 is 14.2 Å². The number of aromatic nitrogens is 3. The molecule has 3 fully saturated rings. The highest BCUT2D eigenvalue weighted by molar-refractivity contribution is 4.97. The fourth-order valence-electron chi connectivity index (χ4n) is 4.92. The van der Waals surface area contributed by atoms with Crippen LogP contribution in [0.3, 0.4) is 0 Å². The van der Waals surface area contributed by atoms with Crippen LogP contribution in [0.15, 0.2) is 14.4 Å². The molecule has 3 aliphatic rings. The molecule has 4 heterocycles. The van der Waals surface area contributed by atoms with Crippen LogP contribution < -0.4 is 17.1 Å². The molecule has 0 aliphatic carbocycles. The van der Waals surface area contributed by atoms with Crippen LogP contribution in [0.4, 0.5) is 0 Å². The minimum atomic E-state index is -0.516. The molecule has 1 aromatic rings. The third-order valence-corrected chi connectivity index (χ3v) is 8.30. The number of nitrogens with zero attached hydrogens (tertiary/aromatic N) is 3. The molecule has 3 aliphatic heterocycles. The Hall–Kier alpha value is -1.71. The zero-order valence-corrected chi connectivity index (χ0v) is 20.9. The van der Waals surface area contributed by atoms with Crippen molar-refractivity contribution in [1.29, 1.82) is 0 Å². The number of hydrogen-bond donors (Lipinski definition) is 0. The molecule has 0 spiro atoms. The lowest BCUT2D eigenvalue weighted by molar-refractivity contribution is 0.282. The van der Waals surface area contributed by atoms with E-state index in [0.29, 0.717) is 19.3 Å². The molecular weight excluding hydrogens is 426 g/mol. The van der Waals surface area contributed by atoms with E-state index in [-0.39, 0.29) is 54.7 Å². The highest BCUT2D eigenvalue weighted by Crippen LogP contribution is 2.41. The van der Waals surface area contributed by atoms with Gasteiger partial charge in [-0.1, -0.05) is 0 Å². The molecule has 9 nitrogen and oxygen atoms in total. The fraction of sp³-hybridized carbons (Fsp3) is 0.875. The van der Waals surface area contributed by atoms with E-state index in [1.54, 1.807) is 0 Å². The third-order valence-electron chi connectivity index (χ3n) is 8.30. The van der Waals surface area contributed by atoms with Crippen molar-refractivity contribution in [2.45, 2.75) is 135 Å². The molecule has 6 atom stereocenters. The standard InChI is InChI=1S/C24H39N3O6/c1-16-22(4,31-16)10-7-13-25-19(28)26(14-8-11-23(5)17(2)32-23)21(30)27(20(25)29)15-9-12-24(6)18(3)33-24/h16-18H,7-15H2,1-6H3. The first-order valence-corrected chi connectivity index (χ1v) is 12.4. The van der Waals surface area contributed by atoms with Gasteiger partial charge in [-0.15, -0.1) is 0 Å². The quantitative estimate of drug-likeness (QED) is 0.438. The van der Waals surface area contributed by atoms with E-state index in [1.807, 2.05) is 41.5 Å². The van der Waals surface area contributed by atoms with Crippen molar-refractivity contribution in [2.75, 3.05) is 0 Å². The maximum Gasteiger partial charge on any atom is 0.336 e. The van der Waals surface area contributed by atoms with Crippen molar-refractivity contribution < 1.29 is 14.2 Å². The van der Waals surface area contributed by atoms with Gasteiger partial charge >= 0.3 is 17.1 Å². The summed E-state index contributed by atoms with van der Waals surface area (Å²) < 4.78 is 20.5. The van der Waals surface area contributed by atoms with Crippen molar-refractivity contribution in [3.63, 3.8) is 0 Å². The van der Waals surface area contributed by atoms with Gasteiger partial charge in [-0.2, -0.15) is 0 Å². The SMILES string of the molecule is CC1OC1(C)CCCn1c(=O)n(CCCC2(C)OC2C)c(=O)n(CCCC2(C)OC2C)c1=O. The Kier molecular flexibility index (Phi) is 6.29. The topological polar surface area (TPSA) is 104 Å². The first-order chi connectivity index (χ1) is 15.4. The van der Waals surface area contributed by atoms with Crippen LogP contribution in [0.25, 0.3) is 0 Å². The van der Waals surface area contributed by atoms with E-state index in [2.05, 4.69) is 0 Å². The smallest absolute Gasteiger partial charge is 0.336 e. The minimum Gasteiger partial charge on any atom is -0.367 e. The lowest BCUT2D eigenvalue weighted by Gasteiger charge is -2.15. The van der Waals surface area contributed by atoms with Crippen LogP contribution in [0.2, 0.25) is 0 Å². The molecule has 6 unspecified atom stereocenters. The molecule has 186 valence electrons. The summed E-state index contributed by atoms with van der Waals surface area (Å²) in [5.41, 5.74) is -2.08. The summed E-state index contributed by atoms with van der Waals surface area (Å²) in [6, 6.07) is 0. The molecule has 0 saturated carbocycles. The molecule has 0 aromatic carbocycles. The van der Waals surface area contributed by atoms with Crippen molar-refractivity contribution in [3.05, 3.63) is 31.5 Å². The zero-order valence-electron chi connectivity index (χ0n) is 20.9. The van der Waals surface area contributed by atoms with Gasteiger partial charge in [-0.25, -0.2) is 28.1 Å². The van der Waals surface area contributed by atoms with E-state index in [1.165, 1.54) is 13.7 Å². The van der Waals surface area contributed by atoms with Crippen LogP contribution in [-0.4, -0.2) is 48.8 Å². The normalized spacial score (nSPS) is 36.7. The zero-order chi connectivity index (χ0) is 24.2. The summed E-state index contributed by atoms with van der Waals surface area (Å²) >= 11 is 0. The van der Waals surface area contributed by atoms with Gasteiger partial charge in [0, 0.05) is 19.6 Å². The summed E-state index contributed by atoms with van der Waals surface area (Å²) in [6.45, 7) is 13.0.